The lowest BCUT2D eigenvalue weighted by molar-refractivity contribution is -0.155. The van der Waals surface area contributed by atoms with E-state index >= 15 is 0 Å². The first-order chi connectivity index (χ1) is 12.3. The summed E-state index contributed by atoms with van der Waals surface area (Å²) in [7, 11) is 0. The van der Waals surface area contributed by atoms with Crippen molar-refractivity contribution in [1.82, 2.24) is 0 Å². The van der Waals surface area contributed by atoms with Crippen LogP contribution in [0.1, 0.15) is 24.2 Å². The Labute approximate surface area is 156 Å². The molecule has 1 amide bonds. The molecule has 26 heavy (non-hydrogen) atoms. The van der Waals surface area contributed by atoms with Crippen LogP contribution in [0, 0.1) is 0 Å². The lowest BCUT2D eigenvalue weighted by Gasteiger charge is -2.14. The quantitative estimate of drug-likeness (QED) is 0.591. The number of carbonyl (C=O) groups excluding carboxylic acids is 3. The predicted octanol–water partition coefficient (Wildman–Crippen LogP) is 3.49. The number of benzene rings is 2. The largest absolute Gasteiger partial charge is 0.482 e. The summed E-state index contributed by atoms with van der Waals surface area (Å²) in [6, 6.07) is 13.0. The Kier molecular flexibility index (Phi) is 6.74. The van der Waals surface area contributed by atoms with Crippen LogP contribution in [-0.4, -0.2) is 30.4 Å². The first kappa shape index (κ1) is 19.5. The van der Waals surface area contributed by atoms with Crippen LogP contribution >= 0.6 is 11.6 Å². The Bertz CT molecular complexity index is 804. The Morgan fingerprint density at radius 1 is 1.12 bits per heavy atom. The van der Waals surface area contributed by atoms with Crippen LogP contribution in [0.5, 0.6) is 5.75 Å². The van der Waals surface area contributed by atoms with Gasteiger partial charge in [0.05, 0.1) is 0 Å². The zero-order valence-corrected chi connectivity index (χ0v) is 15.1. The van der Waals surface area contributed by atoms with E-state index in [4.69, 9.17) is 21.1 Å². The van der Waals surface area contributed by atoms with Gasteiger partial charge in [-0.1, -0.05) is 17.7 Å². The minimum Gasteiger partial charge on any atom is -0.482 e. The third-order valence-electron chi connectivity index (χ3n) is 3.39. The van der Waals surface area contributed by atoms with Crippen LogP contribution in [0.15, 0.2) is 48.5 Å². The number of anilines is 1. The average Bonchev–Trinajstić information content (AvgIpc) is 2.60. The molecule has 0 fully saturated rings. The number of Topliss-reactive ketones (excluding diaryl/α,β-unsaturated/α-hetero) is 1. The maximum atomic E-state index is 12.1. The van der Waals surface area contributed by atoms with E-state index in [0.29, 0.717) is 22.0 Å². The third kappa shape index (κ3) is 5.89. The van der Waals surface area contributed by atoms with Crippen LogP contribution < -0.4 is 10.1 Å². The number of ketones is 1. The maximum Gasteiger partial charge on any atom is 0.344 e. The van der Waals surface area contributed by atoms with E-state index in [1.54, 1.807) is 48.5 Å². The van der Waals surface area contributed by atoms with Gasteiger partial charge in [-0.2, -0.15) is 0 Å². The number of nitrogens with one attached hydrogen (secondary N) is 1. The van der Waals surface area contributed by atoms with Crippen molar-refractivity contribution in [3.8, 4) is 5.75 Å². The topological polar surface area (TPSA) is 81.7 Å². The van der Waals surface area contributed by atoms with Crippen molar-refractivity contribution in [2.45, 2.75) is 20.0 Å². The number of ether oxygens (including phenoxy) is 2. The van der Waals surface area contributed by atoms with Gasteiger partial charge in [-0.05, 0) is 56.3 Å². The Hall–Kier alpha value is -2.86. The van der Waals surface area contributed by atoms with Crippen molar-refractivity contribution < 1.29 is 23.9 Å². The van der Waals surface area contributed by atoms with Crippen molar-refractivity contribution in [1.29, 1.82) is 0 Å². The molecular weight excluding hydrogens is 358 g/mol. The zero-order chi connectivity index (χ0) is 19.1. The predicted molar refractivity (Wildman–Crippen MR) is 97.6 cm³/mol. The van der Waals surface area contributed by atoms with Gasteiger partial charge in [0.2, 0.25) is 0 Å². The van der Waals surface area contributed by atoms with Crippen molar-refractivity contribution in [3.05, 3.63) is 59.1 Å². The molecule has 0 bridgehead atoms. The molecule has 7 heteroatoms. The normalized spacial score (nSPS) is 11.3. The van der Waals surface area contributed by atoms with Gasteiger partial charge in [-0.25, -0.2) is 4.79 Å². The van der Waals surface area contributed by atoms with Crippen molar-refractivity contribution in [2.75, 3.05) is 11.9 Å². The van der Waals surface area contributed by atoms with Crippen molar-refractivity contribution in [2.24, 2.45) is 0 Å². The molecule has 136 valence electrons. The second-order valence-electron chi connectivity index (χ2n) is 5.50. The molecule has 0 heterocycles. The molecule has 6 nitrogen and oxygen atoms in total. The Morgan fingerprint density at radius 3 is 2.42 bits per heavy atom. The molecule has 0 spiro atoms. The highest BCUT2D eigenvalue weighted by molar-refractivity contribution is 6.30. The minimum atomic E-state index is -1.00. The molecular formula is C19H18ClNO5. The molecule has 0 aliphatic carbocycles. The van der Waals surface area contributed by atoms with Gasteiger partial charge in [-0.15, -0.1) is 0 Å². The molecule has 1 unspecified atom stereocenters. The molecule has 0 radical (unpaired) electrons. The second kappa shape index (κ2) is 9.01. The average molecular weight is 376 g/mol. The lowest BCUT2D eigenvalue weighted by atomic mass is 10.1. The number of esters is 1. The van der Waals surface area contributed by atoms with Gasteiger partial charge in [-0.3, -0.25) is 9.59 Å². The molecule has 0 saturated carbocycles. The van der Waals surface area contributed by atoms with Crippen LogP contribution in [-0.2, 0) is 14.3 Å². The molecule has 1 N–H and O–H groups in total. The number of carbonyl (C=O) groups is 3. The number of hydrogen-bond donors (Lipinski definition) is 1. The number of halogens is 1. The summed E-state index contributed by atoms with van der Waals surface area (Å²) in [5.41, 5.74) is 1.04. The van der Waals surface area contributed by atoms with Gasteiger partial charge in [0.25, 0.3) is 5.91 Å². The van der Waals surface area contributed by atoms with Crippen molar-refractivity contribution >= 4 is 34.9 Å². The van der Waals surface area contributed by atoms with Gasteiger partial charge in [0, 0.05) is 16.3 Å². The highest BCUT2D eigenvalue weighted by atomic mass is 35.5. The minimum absolute atomic E-state index is 0.0649. The first-order valence-corrected chi connectivity index (χ1v) is 8.22. The third-order valence-corrected chi connectivity index (χ3v) is 3.62. The van der Waals surface area contributed by atoms with Crippen molar-refractivity contribution in [3.63, 3.8) is 0 Å². The van der Waals surface area contributed by atoms with E-state index < -0.39 is 18.0 Å². The molecule has 2 aromatic rings. The lowest BCUT2D eigenvalue weighted by Crippen LogP contribution is -2.31. The monoisotopic (exact) mass is 375 g/mol. The van der Waals surface area contributed by atoms with Crippen LogP contribution in [0.4, 0.5) is 5.69 Å². The molecule has 1 atom stereocenters. The molecule has 0 aliphatic rings. The SMILES string of the molecule is CC(=O)c1ccc(NC(=O)C(C)OC(=O)COc2cccc(Cl)c2)cc1. The van der Waals surface area contributed by atoms with Gasteiger partial charge < -0.3 is 14.8 Å². The summed E-state index contributed by atoms with van der Waals surface area (Å²) in [6.07, 6.45) is -1.00. The summed E-state index contributed by atoms with van der Waals surface area (Å²) in [5, 5.41) is 3.09. The van der Waals surface area contributed by atoms with E-state index in [1.165, 1.54) is 13.8 Å². The van der Waals surface area contributed by atoms with Gasteiger partial charge in [0.15, 0.2) is 18.5 Å². The van der Waals surface area contributed by atoms with E-state index in [1.807, 2.05) is 0 Å². The second-order valence-corrected chi connectivity index (χ2v) is 5.94. The fourth-order valence-corrected chi connectivity index (χ4v) is 2.20. The van der Waals surface area contributed by atoms with Gasteiger partial charge in [0.1, 0.15) is 5.75 Å². The zero-order valence-electron chi connectivity index (χ0n) is 14.3. The Morgan fingerprint density at radius 2 is 1.81 bits per heavy atom. The van der Waals surface area contributed by atoms with Crippen LogP contribution in [0.25, 0.3) is 0 Å². The summed E-state index contributed by atoms with van der Waals surface area (Å²) >= 11 is 5.82. The van der Waals surface area contributed by atoms with Gasteiger partial charge >= 0.3 is 5.97 Å². The van der Waals surface area contributed by atoms with Crippen LogP contribution in [0.2, 0.25) is 5.02 Å². The fourth-order valence-electron chi connectivity index (χ4n) is 2.02. The van der Waals surface area contributed by atoms with Crippen LogP contribution in [0.3, 0.4) is 0 Å². The number of amides is 1. The molecule has 0 aliphatic heterocycles. The first-order valence-electron chi connectivity index (χ1n) is 7.85. The van der Waals surface area contributed by atoms with E-state index in [2.05, 4.69) is 5.32 Å². The van der Waals surface area contributed by atoms with E-state index in [0.717, 1.165) is 0 Å². The molecule has 0 saturated heterocycles. The summed E-state index contributed by atoms with van der Waals surface area (Å²) < 4.78 is 10.3. The van der Waals surface area contributed by atoms with E-state index in [-0.39, 0.29) is 12.4 Å². The summed E-state index contributed by atoms with van der Waals surface area (Å²) in [4.78, 5) is 35.1. The Balaban J connectivity index is 1.82. The highest BCUT2D eigenvalue weighted by Gasteiger charge is 2.18. The number of rotatable bonds is 7. The molecule has 2 rings (SSSR count). The fraction of sp³-hybridized carbons (Fsp3) is 0.211. The smallest absolute Gasteiger partial charge is 0.344 e. The number of hydrogen-bond acceptors (Lipinski definition) is 5. The summed E-state index contributed by atoms with van der Waals surface area (Å²) in [5.74, 6) is -0.807. The maximum absolute atomic E-state index is 12.1. The highest BCUT2D eigenvalue weighted by Crippen LogP contribution is 2.17. The molecule has 2 aromatic carbocycles. The standard InChI is InChI=1S/C19H18ClNO5/c1-12(22)14-6-8-16(9-7-14)21-19(24)13(2)26-18(23)11-25-17-5-3-4-15(20)10-17/h3-10,13H,11H2,1-2H3,(H,21,24). The molecule has 0 aromatic heterocycles. The van der Waals surface area contributed by atoms with E-state index in [9.17, 15) is 14.4 Å². The summed E-state index contributed by atoms with van der Waals surface area (Å²) in [6.45, 7) is 2.57.